The van der Waals surface area contributed by atoms with Crippen LogP contribution in [0.2, 0.25) is 10.0 Å². The number of nitrogens with two attached hydrogens (primary N) is 1. The molecule has 1 atom stereocenters. The van der Waals surface area contributed by atoms with Crippen LogP contribution in [0.3, 0.4) is 0 Å². The van der Waals surface area contributed by atoms with Crippen LogP contribution >= 0.6 is 23.2 Å². The van der Waals surface area contributed by atoms with Crippen molar-refractivity contribution in [2.24, 2.45) is 5.73 Å². The van der Waals surface area contributed by atoms with E-state index >= 15 is 0 Å². The summed E-state index contributed by atoms with van der Waals surface area (Å²) in [6.45, 7) is 2.01. The third-order valence-electron chi connectivity index (χ3n) is 2.61. The first-order chi connectivity index (χ1) is 8.61. The Balaban J connectivity index is 2.30. The van der Waals surface area contributed by atoms with Gasteiger partial charge >= 0.3 is 0 Å². The van der Waals surface area contributed by atoms with E-state index in [1.54, 1.807) is 18.2 Å². The summed E-state index contributed by atoms with van der Waals surface area (Å²) in [7, 11) is 0. The molecule has 0 aliphatic rings. The lowest BCUT2D eigenvalue weighted by Gasteiger charge is -2.03. The molecule has 0 radical (unpaired) electrons. The summed E-state index contributed by atoms with van der Waals surface area (Å²) in [5, 5.41) is 4.85. The Morgan fingerprint density at radius 3 is 2.61 bits per heavy atom. The van der Waals surface area contributed by atoms with Gasteiger partial charge in [0.05, 0.1) is 15.6 Å². The lowest BCUT2D eigenvalue weighted by Crippen LogP contribution is -2.21. The molecule has 1 aromatic carbocycles. The lowest BCUT2D eigenvalue weighted by atomic mass is 10.1. The van der Waals surface area contributed by atoms with E-state index in [9.17, 15) is 0 Å². The first-order valence-electron chi connectivity index (χ1n) is 5.64. The standard InChI is InChI=1S/C12H13Cl2N3O/c1-2-7(15)6-10-16-12(18-17-10)11-8(13)4-3-5-9(11)14/h3-5,7H,2,6,15H2,1H3. The first-order valence-corrected chi connectivity index (χ1v) is 6.40. The largest absolute Gasteiger partial charge is 0.334 e. The molecule has 0 saturated heterocycles. The molecule has 0 spiro atoms. The fourth-order valence-electron chi connectivity index (χ4n) is 1.52. The van der Waals surface area contributed by atoms with Gasteiger partial charge in [-0.3, -0.25) is 0 Å². The van der Waals surface area contributed by atoms with E-state index in [1.165, 1.54) is 0 Å². The predicted molar refractivity (Wildman–Crippen MR) is 71.7 cm³/mol. The Labute approximate surface area is 115 Å². The van der Waals surface area contributed by atoms with Crippen LogP contribution in [-0.4, -0.2) is 16.2 Å². The Morgan fingerprint density at radius 2 is 2.00 bits per heavy atom. The lowest BCUT2D eigenvalue weighted by molar-refractivity contribution is 0.419. The van der Waals surface area contributed by atoms with Gasteiger partial charge in [0, 0.05) is 12.5 Å². The number of benzene rings is 1. The molecule has 6 heteroatoms. The van der Waals surface area contributed by atoms with Gasteiger partial charge in [-0.15, -0.1) is 0 Å². The number of rotatable bonds is 4. The summed E-state index contributed by atoms with van der Waals surface area (Å²) in [6.07, 6.45) is 1.43. The molecule has 96 valence electrons. The third kappa shape index (κ3) is 2.83. The normalized spacial score (nSPS) is 12.7. The maximum Gasteiger partial charge on any atom is 0.260 e. The molecule has 0 fully saturated rings. The van der Waals surface area contributed by atoms with Crippen molar-refractivity contribution in [3.63, 3.8) is 0 Å². The summed E-state index contributed by atoms with van der Waals surface area (Å²) in [5.41, 5.74) is 6.40. The average molecular weight is 286 g/mol. The van der Waals surface area contributed by atoms with Gasteiger partial charge in [0.1, 0.15) is 0 Å². The van der Waals surface area contributed by atoms with Crippen molar-refractivity contribution in [2.75, 3.05) is 0 Å². The highest BCUT2D eigenvalue weighted by molar-refractivity contribution is 6.38. The van der Waals surface area contributed by atoms with E-state index in [4.69, 9.17) is 33.5 Å². The van der Waals surface area contributed by atoms with E-state index in [0.717, 1.165) is 6.42 Å². The maximum absolute atomic E-state index is 6.07. The molecule has 0 saturated carbocycles. The van der Waals surface area contributed by atoms with Gasteiger partial charge in [-0.05, 0) is 18.6 Å². The van der Waals surface area contributed by atoms with Crippen molar-refractivity contribution < 1.29 is 4.52 Å². The number of hydrogen-bond donors (Lipinski definition) is 1. The Hall–Kier alpha value is -1.10. The molecule has 0 aliphatic carbocycles. The van der Waals surface area contributed by atoms with Gasteiger partial charge < -0.3 is 10.3 Å². The van der Waals surface area contributed by atoms with Gasteiger partial charge in [0.25, 0.3) is 5.89 Å². The molecule has 1 heterocycles. The number of halogens is 2. The highest BCUT2D eigenvalue weighted by Gasteiger charge is 2.16. The second-order valence-electron chi connectivity index (χ2n) is 3.98. The van der Waals surface area contributed by atoms with Crippen LogP contribution < -0.4 is 5.73 Å². The Morgan fingerprint density at radius 1 is 1.33 bits per heavy atom. The number of aromatic nitrogens is 2. The van der Waals surface area contributed by atoms with Gasteiger partial charge in [0.2, 0.25) is 0 Å². The second kappa shape index (κ2) is 5.69. The van der Waals surface area contributed by atoms with E-state index < -0.39 is 0 Å². The van der Waals surface area contributed by atoms with Crippen molar-refractivity contribution in [2.45, 2.75) is 25.8 Å². The predicted octanol–water partition coefficient (Wildman–Crippen LogP) is 3.32. The molecular weight excluding hydrogens is 273 g/mol. The average Bonchev–Trinajstić information content (AvgIpc) is 2.77. The zero-order valence-electron chi connectivity index (χ0n) is 9.86. The molecule has 0 aliphatic heterocycles. The minimum Gasteiger partial charge on any atom is -0.334 e. The van der Waals surface area contributed by atoms with Crippen molar-refractivity contribution in [1.29, 1.82) is 0 Å². The van der Waals surface area contributed by atoms with E-state index in [1.807, 2.05) is 6.92 Å². The van der Waals surface area contributed by atoms with Crippen molar-refractivity contribution >= 4 is 23.2 Å². The number of nitrogens with zero attached hydrogens (tertiary/aromatic N) is 2. The van der Waals surface area contributed by atoms with Crippen molar-refractivity contribution in [1.82, 2.24) is 10.1 Å². The van der Waals surface area contributed by atoms with Crippen LogP contribution in [0.4, 0.5) is 0 Å². The zero-order valence-corrected chi connectivity index (χ0v) is 11.4. The van der Waals surface area contributed by atoms with Crippen LogP contribution in [0.15, 0.2) is 22.7 Å². The first kappa shape index (κ1) is 13.3. The van der Waals surface area contributed by atoms with Crippen LogP contribution in [0.25, 0.3) is 11.5 Å². The van der Waals surface area contributed by atoms with Crippen molar-refractivity contribution in [3.8, 4) is 11.5 Å². The highest BCUT2D eigenvalue weighted by atomic mass is 35.5. The molecule has 18 heavy (non-hydrogen) atoms. The minimum absolute atomic E-state index is 0.0252. The molecule has 1 unspecified atom stereocenters. The maximum atomic E-state index is 6.07. The van der Waals surface area contributed by atoms with Crippen LogP contribution in [0, 0.1) is 0 Å². The van der Waals surface area contributed by atoms with Crippen LogP contribution in [0.1, 0.15) is 19.2 Å². The van der Waals surface area contributed by atoms with Gasteiger partial charge in [-0.25, -0.2) is 0 Å². The molecule has 0 bridgehead atoms. The zero-order chi connectivity index (χ0) is 13.1. The summed E-state index contributed by atoms with van der Waals surface area (Å²) in [5.74, 6) is 0.888. The van der Waals surface area contributed by atoms with Gasteiger partial charge in [-0.2, -0.15) is 4.98 Å². The quantitative estimate of drug-likeness (QED) is 0.936. The van der Waals surface area contributed by atoms with E-state index in [2.05, 4.69) is 10.1 Å². The molecule has 1 aromatic heterocycles. The Bertz CT molecular complexity index is 522. The number of hydrogen-bond acceptors (Lipinski definition) is 4. The Kier molecular flexibility index (Phi) is 4.22. The molecule has 2 N–H and O–H groups in total. The molecule has 4 nitrogen and oxygen atoms in total. The van der Waals surface area contributed by atoms with Gasteiger partial charge in [-0.1, -0.05) is 41.3 Å². The SMILES string of the molecule is CCC(N)Cc1noc(-c2c(Cl)cccc2Cl)n1. The topological polar surface area (TPSA) is 64.9 Å². The monoisotopic (exact) mass is 285 g/mol. The van der Waals surface area contributed by atoms with Crippen LogP contribution in [-0.2, 0) is 6.42 Å². The minimum atomic E-state index is 0.0252. The molecule has 0 amide bonds. The third-order valence-corrected chi connectivity index (χ3v) is 3.24. The second-order valence-corrected chi connectivity index (χ2v) is 4.80. The van der Waals surface area contributed by atoms with Gasteiger partial charge in [0.15, 0.2) is 5.82 Å². The van der Waals surface area contributed by atoms with Crippen molar-refractivity contribution in [3.05, 3.63) is 34.1 Å². The summed E-state index contributed by atoms with van der Waals surface area (Å²) in [6, 6.07) is 5.24. The molecule has 2 aromatic rings. The summed E-state index contributed by atoms with van der Waals surface area (Å²) in [4.78, 5) is 4.26. The highest BCUT2D eigenvalue weighted by Crippen LogP contribution is 2.33. The fraction of sp³-hybridized carbons (Fsp3) is 0.333. The molecule has 2 rings (SSSR count). The summed E-state index contributed by atoms with van der Waals surface area (Å²) < 4.78 is 5.17. The van der Waals surface area contributed by atoms with E-state index in [-0.39, 0.29) is 6.04 Å². The fourth-order valence-corrected chi connectivity index (χ4v) is 2.08. The van der Waals surface area contributed by atoms with Crippen LogP contribution in [0.5, 0.6) is 0 Å². The molecular formula is C12H13Cl2N3O. The summed E-state index contributed by atoms with van der Waals surface area (Å²) >= 11 is 12.1. The van der Waals surface area contributed by atoms with E-state index in [0.29, 0.717) is 33.7 Å². The smallest absolute Gasteiger partial charge is 0.260 e.